The molecule has 0 spiro atoms. The van der Waals surface area contributed by atoms with Gasteiger partial charge in [0, 0.05) is 6.54 Å². The van der Waals surface area contributed by atoms with E-state index in [0.29, 0.717) is 25.5 Å². The monoisotopic (exact) mass is 400 g/mol. The zero-order valence-corrected chi connectivity index (χ0v) is 16.5. The first-order valence-electron chi connectivity index (χ1n) is 9.53. The maximum absolute atomic E-state index is 12.8. The van der Waals surface area contributed by atoms with Crippen molar-refractivity contribution in [2.75, 3.05) is 19.0 Å². The lowest BCUT2D eigenvalue weighted by atomic mass is 9.87. The largest absolute Gasteiger partial charge is 0.486 e. The number of allylic oxidation sites excluding steroid dienone is 1. The Balaban J connectivity index is 1.46. The van der Waals surface area contributed by atoms with Gasteiger partial charge in [0.25, 0.3) is 0 Å². The first-order valence-corrected chi connectivity index (χ1v) is 10.5. The molecule has 0 bridgehead atoms. The molecule has 2 heterocycles. The van der Waals surface area contributed by atoms with Gasteiger partial charge in [0.1, 0.15) is 19.5 Å². The van der Waals surface area contributed by atoms with E-state index in [1.165, 1.54) is 11.8 Å². The van der Waals surface area contributed by atoms with Crippen LogP contribution in [0, 0.1) is 0 Å². The molecule has 0 atom stereocenters. The number of nitrogens with zero attached hydrogens (tertiary/aromatic N) is 3. The van der Waals surface area contributed by atoms with E-state index >= 15 is 0 Å². The van der Waals surface area contributed by atoms with Crippen LogP contribution in [0.5, 0.6) is 11.5 Å². The molecular weight excluding hydrogens is 376 g/mol. The Bertz CT molecular complexity index is 861. The first-order chi connectivity index (χ1) is 13.7. The second-order valence-electron chi connectivity index (χ2n) is 7.04. The standard InChI is InChI=1S/C20H24N4O3S/c1-2-9-24-14-21-23-19(24)28-13-18(25)22-20(7-3-4-8-20)15-5-6-16-17(12-15)27-11-10-26-16/h2,5-6,12,14H,1,3-4,7-11,13H2,(H,22,25). The van der Waals surface area contributed by atoms with Crippen LogP contribution in [0.25, 0.3) is 0 Å². The van der Waals surface area contributed by atoms with Gasteiger partial charge >= 0.3 is 0 Å². The summed E-state index contributed by atoms with van der Waals surface area (Å²) in [6.45, 7) is 5.48. The summed E-state index contributed by atoms with van der Waals surface area (Å²) in [5, 5.41) is 12.0. The van der Waals surface area contributed by atoms with Gasteiger partial charge in [-0.15, -0.1) is 16.8 Å². The lowest BCUT2D eigenvalue weighted by molar-refractivity contribution is -0.120. The van der Waals surface area contributed by atoms with E-state index in [4.69, 9.17) is 9.47 Å². The predicted molar refractivity (Wildman–Crippen MR) is 107 cm³/mol. The van der Waals surface area contributed by atoms with E-state index in [1.807, 2.05) is 22.8 Å². The van der Waals surface area contributed by atoms with Crippen molar-refractivity contribution < 1.29 is 14.3 Å². The van der Waals surface area contributed by atoms with E-state index in [9.17, 15) is 4.79 Å². The molecular formula is C20H24N4O3S. The highest BCUT2D eigenvalue weighted by atomic mass is 32.2. The molecule has 148 valence electrons. The van der Waals surface area contributed by atoms with Crippen LogP contribution in [-0.4, -0.2) is 39.6 Å². The number of carbonyl (C=O) groups excluding carboxylic acids is 1. The summed E-state index contributed by atoms with van der Waals surface area (Å²) in [6, 6.07) is 6.02. The third kappa shape index (κ3) is 3.87. The molecule has 7 nitrogen and oxygen atoms in total. The maximum Gasteiger partial charge on any atom is 0.231 e. The number of ether oxygens (including phenoxy) is 2. The van der Waals surface area contributed by atoms with Crippen LogP contribution in [-0.2, 0) is 16.9 Å². The Hall–Kier alpha value is -2.48. The molecule has 1 amide bonds. The number of benzene rings is 1. The van der Waals surface area contributed by atoms with Gasteiger partial charge < -0.3 is 19.4 Å². The minimum Gasteiger partial charge on any atom is -0.486 e. The van der Waals surface area contributed by atoms with Gasteiger partial charge in [-0.05, 0) is 30.5 Å². The Morgan fingerprint density at radius 2 is 2.07 bits per heavy atom. The Morgan fingerprint density at radius 3 is 2.86 bits per heavy atom. The summed E-state index contributed by atoms with van der Waals surface area (Å²) in [4.78, 5) is 12.8. The number of hydrogen-bond acceptors (Lipinski definition) is 6. The molecule has 1 fully saturated rings. The van der Waals surface area contributed by atoms with Crippen molar-refractivity contribution in [1.82, 2.24) is 20.1 Å². The Morgan fingerprint density at radius 1 is 1.29 bits per heavy atom. The van der Waals surface area contributed by atoms with Gasteiger partial charge in [0.05, 0.1) is 11.3 Å². The molecule has 2 aromatic rings. The Kier molecular flexibility index (Phi) is 5.57. The molecule has 1 aromatic carbocycles. The number of thioether (sulfide) groups is 1. The van der Waals surface area contributed by atoms with Crippen LogP contribution in [0.4, 0.5) is 0 Å². The third-order valence-electron chi connectivity index (χ3n) is 5.17. The third-order valence-corrected chi connectivity index (χ3v) is 6.15. The van der Waals surface area contributed by atoms with Crippen LogP contribution in [0.1, 0.15) is 31.2 Å². The lowest BCUT2D eigenvalue weighted by Gasteiger charge is -2.32. The van der Waals surface area contributed by atoms with Crippen LogP contribution in [0.3, 0.4) is 0 Å². The quantitative estimate of drug-likeness (QED) is 0.569. The number of carbonyl (C=O) groups is 1. The fraction of sp³-hybridized carbons (Fsp3) is 0.450. The molecule has 0 unspecified atom stereocenters. The van der Waals surface area contributed by atoms with Gasteiger partial charge in [0.2, 0.25) is 5.91 Å². The number of aromatic nitrogens is 3. The van der Waals surface area contributed by atoms with Crippen molar-refractivity contribution in [2.24, 2.45) is 0 Å². The van der Waals surface area contributed by atoms with Crippen LogP contribution >= 0.6 is 11.8 Å². The molecule has 4 rings (SSSR count). The fourth-order valence-electron chi connectivity index (χ4n) is 3.86. The zero-order chi connectivity index (χ0) is 19.4. The summed E-state index contributed by atoms with van der Waals surface area (Å²) in [6.07, 6.45) is 7.47. The van der Waals surface area contributed by atoms with E-state index in [0.717, 1.165) is 47.9 Å². The molecule has 0 radical (unpaired) electrons. The van der Waals surface area contributed by atoms with E-state index < -0.39 is 0 Å². The van der Waals surface area contributed by atoms with Crippen molar-refractivity contribution in [3.63, 3.8) is 0 Å². The second-order valence-corrected chi connectivity index (χ2v) is 7.98. The molecule has 1 N–H and O–H groups in total. The second kappa shape index (κ2) is 8.26. The highest BCUT2D eigenvalue weighted by Gasteiger charge is 2.37. The number of hydrogen-bond donors (Lipinski definition) is 1. The molecule has 2 aliphatic rings. The minimum atomic E-state index is -0.345. The van der Waals surface area contributed by atoms with Gasteiger partial charge in [0.15, 0.2) is 16.7 Å². The van der Waals surface area contributed by atoms with Crippen LogP contribution in [0.2, 0.25) is 0 Å². The van der Waals surface area contributed by atoms with Crippen LogP contribution < -0.4 is 14.8 Å². The zero-order valence-electron chi connectivity index (χ0n) is 15.7. The van der Waals surface area contributed by atoms with Crippen molar-refractivity contribution >= 4 is 17.7 Å². The summed E-state index contributed by atoms with van der Waals surface area (Å²) < 4.78 is 13.2. The van der Waals surface area contributed by atoms with Crippen molar-refractivity contribution in [2.45, 2.75) is 42.9 Å². The lowest BCUT2D eigenvalue weighted by Crippen LogP contribution is -2.44. The van der Waals surface area contributed by atoms with Gasteiger partial charge in [-0.25, -0.2) is 0 Å². The van der Waals surface area contributed by atoms with Gasteiger partial charge in [-0.1, -0.05) is 36.7 Å². The SMILES string of the molecule is C=CCn1cnnc1SCC(=O)NC1(c2ccc3c(c2)OCCO3)CCCC1. The highest BCUT2D eigenvalue weighted by molar-refractivity contribution is 7.99. The van der Waals surface area contributed by atoms with Crippen molar-refractivity contribution in [3.8, 4) is 11.5 Å². The summed E-state index contributed by atoms with van der Waals surface area (Å²) in [5.41, 5.74) is 0.741. The van der Waals surface area contributed by atoms with Gasteiger partial charge in [-0.2, -0.15) is 0 Å². The van der Waals surface area contributed by atoms with Gasteiger partial charge in [-0.3, -0.25) is 4.79 Å². The minimum absolute atomic E-state index is 0.00468. The number of fused-ring (bicyclic) bond motifs is 1. The van der Waals surface area contributed by atoms with E-state index in [-0.39, 0.29) is 11.4 Å². The smallest absolute Gasteiger partial charge is 0.231 e. The molecule has 1 aromatic heterocycles. The summed E-state index contributed by atoms with van der Waals surface area (Å²) >= 11 is 1.39. The number of rotatable bonds is 7. The molecule has 0 saturated heterocycles. The molecule has 1 aliphatic carbocycles. The van der Waals surface area contributed by atoms with Crippen molar-refractivity contribution in [1.29, 1.82) is 0 Å². The molecule has 28 heavy (non-hydrogen) atoms. The maximum atomic E-state index is 12.8. The first kappa shape index (κ1) is 18.9. The average molecular weight is 401 g/mol. The van der Waals surface area contributed by atoms with Crippen molar-refractivity contribution in [3.05, 3.63) is 42.7 Å². The average Bonchev–Trinajstić information content (AvgIpc) is 3.36. The molecule has 8 heteroatoms. The van der Waals surface area contributed by atoms with E-state index in [2.05, 4.69) is 22.1 Å². The highest BCUT2D eigenvalue weighted by Crippen LogP contribution is 2.42. The van der Waals surface area contributed by atoms with Crippen LogP contribution in [0.15, 0.2) is 42.3 Å². The molecule has 1 aliphatic heterocycles. The summed E-state index contributed by atoms with van der Waals surface area (Å²) in [5.74, 6) is 1.82. The Labute approximate surface area is 168 Å². The van der Waals surface area contributed by atoms with E-state index in [1.54, 1.807) is 12.4 Å². The fourth-order valence-corrected chi connectivity index (χ4v) is 4.58. The summed E-state index contributed by atoms with van der Waals surface area (Å²) in [7, 11) is 0. The predicted octanol–water partition coefficient (Wildman–Crippen LogP) is 2.91. The number of nitrogens with one attached hydrogen (secondary N) is 1. The number of amides is 1. The normalized spacial score (nSPS) is 17.3. The molecule has 1 saturated carbocycles. The topological polar surface area (TPSA) is 78.3 Å².